The number of amides is 1. The van der Waals surface area contributed by atoms with Crippen LogP contribution in [0.15, 0.2) is 42.5 Å². The van der Waals surface area contributed by atoms with Crippen LogP contribution in [-0.2, 0) is 11.3 Å². The molecule has 8 heteroatoms. The van der Waals surface area contributed by atoms with E-state index in [1.165, 1.54) is 19.2 Å². The molecular formula is C16H17N3O5. The van der Waals surface area contributed by atoms with Gasteiger partial charge in [-0.25, -0.2) is 0 Å². The molecule has 126 valence electrons. The molecule has 0 atom stereocenters. The minimum absolute atomic E-state index is 0.0400. The zero-order valence-corrected chi connectivity index (χ0v) is 13.0. The molecule has 2 rings (SSSR count). The Hall–Kier alpha value is -3.29. The topological polar surface area (TPSA) is 117 Å². The van der Waals surface area contributed by atoms with Crippen LogP contribution >= 0.6 is 0 Å². The monoisotopic (exact) mass is 331 g/mol. The molecule has 0 saturated carbocycles. The first kappa shape index (κ1) is 17.1. The normalized spacial score (nSPS) is 10.0. The van der Waals surface area contributed by atoms with Gasteiger partial charge in [-0.3, -0.25) is 14.9 Å². The number of rotatable bonds is 8. The van der Waals surface area contributed by atoms with Gasteiger partial charge in [-0.05, 0) is 29.8 Å². The minimum Gasteiger partial charge on any atom is -0.493 e. The lowest BCUT2D eigenvalue weighted by Crippen LogP contribution is -2.20. The fraction of sp³-hybridized carbons (Fsp3) is 0.188. The Morgan fingerprint density at radius 1 is 1.21 bits per heavy atom. The Morgan fingerprint density at radius 3 is 2.50 bits per heavy atom. The summed E-state index contributed by atoms with van der Waals surface area (Å²) in [7, 11) is 1.50. The number of nitrogens with two attached hydrogens (primary N) is 1. The molecule has 0 aliphatic rings. The van der Waals surface area contributed by atoms with E-state index >= 15 is 0 Å². The number of anilines is 1. The molecule has 0 aliphatic carbocycles. The summed E-state index contributed by atoms with van der Waals surface area (Å²) in [6.07, 6.45) is 0. The first-order chi connectivity index (χ1) is 11.5. The fourth-order valence-electron chi connectivity index (χ4n) is 2.00. The van der Waals surface area contributed by atoms with Gasteiger partial charge in [0.05, 0.1) is 12.0 Å². The van der Waals surface area contributed by atoms with Crippen LogP contribution in [0.2, 0.25) is 0 Å². The predicted octanol–water partition coefficient (Wildman–Crippen LogP) is 2.08. The third-order valence-electron chi connectivity index (χ3n) is 3.17. The highest BCUT2D eigenvalue weighted by atomic mass is 16.6. The van der Waals surface area contributed by atoms with Gasteiger partial charge in [-0.15, -0.1) is 0 Å². The van der Waals surface area contributed by atoms with E-state index in [0.29, 0.717) is 18.0 Å². The summed E-state index contributed by atoms with van der Waals surface area (Å²) in [6, 6.07) is 11.4. The molecule has 0 saturated heterocycles. The lowest BCUT2D eigenvalue weighted by molar-refractivity contribution is -0.384. The second-order valence-corrected chi connectivity index (χ2v) is 4.90. The van der Waals surface area contributed by atoms with E-state index in [1.54, 1.807) is 24.3 Å². The number of methoxy groups -OCH3 is 1. The number of nitro benzene ring substituents is 1. The van der Waals surface area contributed by atoms with Crippen molar-refractivity contribution in [2.75, 3.05) is 19.0 Å². The smallest absolute Gasteiger partial charge is 0.269 e. The molecule has 0 spiro atoms. The molecule has 24 heavy (non-hydrogen) atoms. The zero-order chi connectivity index (χ0) is 17.5. The van der Waals surface area contributed by atoms with E-state index < -0.39 is 10.8 Å². The van der Waals surface area contributed by atoms with Crippen LogP contribution in [0.4, 0.5) is 11.4 Å². The molecule has 0 radical (unpaired) electrons. The summed E-state index contributed by atoms with van der Waals surface area (Å²) >= 11 is 0. The standard InChI is InChI=1S/C16H17N3O5/c1-23-15-8-11(2-7-14(15)24-10-16(17)20)9-18-12-3-5-13(6-4-12)19(21)22/h2-8,18H,9-10H2,1H3,(H2,17,20). The van der Waals surface area contributed by atoms with Crippen molar-refractivity contribution in [1.82, 2.24) is 0 Å². The number of nitrogens with zero attached hydrogens (tertiary/aromatic N) is 1. The summed E-state index contributed by atoms with van der Waals surface area (Å²) in [4.78, 5) is 20.9. The molecule has 2 aromatic carbocycles. The second kappa shape index (κ2) is 7.82. The molecule has 3 N–H and O–H groups in total. The molecule has 0 aliphatic heterocycles. The maximum absolute atomic E-state index is 10.8. The van der Waals surface area contributed by atoms with Gasteiger partial charge in [0.1, 0.15) is 0 Å². The Bertz CT molecular complexity index is 731. The summed E-state index contributed by atoms with van der Waals surface area (Å²) < 4.78 is 10.5. The number of ether oxygens (including phenoxy) is 2. The van der Waals surface area contributed by atoms with E-state index in [4.69, 9.17) is 15.2 Å². The highest BCUT2D eigenvalue weighted by Gasteiger charge is 2.08. The van der Waals surface area contributed by atoms with E-state index in [-0.39, 0.29) is 12.3 Å². The van der Waals surface area contributed by atoms with Gasteiger partial charge in [0.25, 0.3) is 11.6 Å². The van der Waals surface area contributed by atoms with E-state index in [0.717, 1.165) is 11.3 Å². The number of hydrogen-bond acceptors (Lipinski definition) is 6. The quantitative estimate of drug-likeness (QED) is 0.565. The summed E-state index contributed by atoms with van der Waals surface area (Å²) in [5, 5.41) is 13.8. The Morgan fingerprint density at radius 2 is 1.92 bits per heavy atom. The molecule has 2 aromatic rings. The number of benzene rings is 2. The third-order valence-corrected chi connectivity index (χ3v) is 3.17. The van der Waals surface area contributed by atoms with Gasteiger partial charge < -0.3 is 20.5 Å². The first-order valence-electron chi connectivity index (χ1n) is 7.06. The number of carbonyl (C=O) groups is 1. The average Bonchev–Trinajstić information content (AvgIpc) is 2.58. The van der Waals surface area contributed by atoms with E-state index in [9.17, 15) is 14.9 Å². The fourth-order valence-corrected chi connectivity index (χ4v) is 2.00. The second-order valence-electron chi connectivity index (χ2n) is 4.90. The van der Waals surface area contributed by atoms with Crippen molar-refractivity contribution in [2.24, 2.45) is 5.73 Å². The Kier molecular flexibility index (Phi) is 5.56. The Balaban J connectivity index is 2.01. The number of non-ortho nitro benzene ring substituents is 1. The van der Waals surface area contributed by atoms with Gasteiger partial charge in [0.2, 0.25) is 0 Å². The van der Waals surface area contributed by atoms with Gasteiger partial charge in [-0.2, -0.15) is 0 Å². The number of nitrogens with one attached hydrogen (secondary N) is 1. The van der Waals surface area contributed by atoms with Crippen LogP contribution in [0.3, 0.4) is 0 Å². The van der Waals surface area contributed by atoms with Gasteiger partial charge in [0.15, 0.2) is 18.1 Å². The lowest BCUT2D eigenvalue weighted by atomic mass is 10.2. The van der Waals surface area contributed by atoms with Crippen molar-refractivity contribution in [3.63, 3.8) is 0 Å². The molecule has 0 fully saturated rings. The van der Waals surface area contributed by atoms with Crippen molar-refractivity contribution in [2.45, 2.75) is 6.54 Å². The SMILES string of the molecule is COc1cc(CNc2ccc([N+](=O)[O-])cc2)ccc1OCC(N)=O. The summed E-state index contributed by atoms with van der Waals surface area (Å²) in [5.41, 5.74) is 6.76. The maximum atomic E-state index is 10.8. The van der Waals surface area contributed by atoms with Crippen molar-refractivity contribution in [3.05, 3.63) is 58.1 Å². The van der Waals surface area contributed by atoms with Crippen LogP contribution in [0.1, 0.15) is 5.56 Å². The third kappa shape index (κ3) is 4.60. The average molecular weight is 331 g/mol. The number of carbonyl (C=O) groups excluding carboxylic acids is 1. The molecule has 0 unspecified atom stereocenters. The largest absolute Gasteiger partial charge is 0.493 e. The summed E-state index contributed by atoms with van der Waals surface area (Å²) in [6.45, 7) is 0.265. The first-order valence-corrected chi connectivity index (χ1v) is 7.06. The molecular weight excluding hydrogens is 314 g/mol. The highest BCUT2D eigenvalue weighted by Crippen LogP contribution is 2.28. The summed E-state index contributed by atoms with van der Waals surface area (Å²) in [5.74, 6) is 0.343. The van der Waals surface area contributed by atoms with Crippen molar-refractivity contribution < 1.29 is 19.2 Å². The van der Waals surface area contributed by atoms with Gasteiger partial charge in [-0.1, -0.05) is 6.07 Å². The minimum atomic E-state index is -0.569. The predicted molar refractivity (Wildman–Crippen MR) is 88.1 cm³/mol. The van der Waals surface area contributed by atoms with Gasteiger partial charge in [0, 0.05) is 24.4 Å². The van der Waals surface area contributed by atoms with Crippen LogP contribution in [0.25, 0.3) is 0 Å². The van der Waals surface area contributed by atoms with Crippen LogP contribution in [0.5, 0.6) is 11.5 Å². The molecule has 1 amide bonds. The molecule has 8 nitrogen and oxygen atoms in total. The number of nitro groups is 1. The van der Waals surface area contributed by atoms with Gasteiger partial charge >= 0.3 is 0 Å². The van der Waals surface area contributed by atoms with Crippen LogP contribution < -0.4 is 20.5 Å². The van der Waals surface area contributed by atoms with E-state index in [1.807, 2.05) is 6.07 Å². The van der Waals surface area contributed by atoms with Crippen LogP contribution in [-0.4, -0.2) is 24.5 Å². The lowest BCUT2D eigenvalue weighted by Gasteiger charge is -2.12. The molecule has 0 bridgehead atoms. The highest BCUT2D eigenvalue weighted by molar-refractivity contribution is 5.75. The number of primary amides is 1. The van der Waals surface area contributed by atoms with Crippen molar-refractivity contribution in [3.8, 4) is 11.5 Å². The Labute approximate surface area is 138 Å². The molecule has 0 heterocycles. The maximum Gasteiger partial charge on any atom is 0.269 e. The van der Waals surface area contributed by atoms with E-state index in [2.05, 4.69) is 5.32 Å². The van der Waals surface area contributed by atoms with Crippen molar-refractivity contribution in [1.29, 1.82) is 0 Å². The zero-order valence-electron chi connectivity index (χ0n) is 13.0. The number of hydrogen-bond donors (Lipinski definition) is 2. The van der Waals surface area contributed by atoms with Crippen LogP contribution in [0, 0.1) is 10.1 Å². The molecule has 0 aromatic heterocycles. The van der Waals surface area contributed by atoms with Crippen molar-refractivity contribution >= 4 is 17.3 Å².